The SMILES string of the molecule is CC(CC(F)(F)F)NC(=O)CC1CC2CCC(C1)N2. The van der Waals surface area contributed by atoms with Crippen LogP contribution in [0.15, 0.2) is 0 Å². The molecule has 2 fully saturated rings. The second-order valence-electron chi connectivity index (χ2n) is 5.97. The number of halogens is 3. The van der Waals surface area contributed by atoms with E-state index in [-0.39, 0.29) is 5.91 Å². The van der Waals surface area contributed by atoms with Gasteiger partial charge in [-0.15, -0.1) is 0 Å². The highest BCUT2D eigenvalue weighted by Crippen LogP contribution is 2.32. The summed E-state index contributed by atoms with van der Waals surface area (Å²) in [7, 11) is 0. The van der Waals surface area contributed by atoms with Gasteiger partial charge in [-0.1, -0.05) is 0 Å². The van der Waals surface area contributed by atoms with Gasteiger partial charge in [0.1, 0.15) is 0 Å². The average Bonchev–Trinajstić information content (AvgIpc) is 2.54. The summed E-state index contributed by atoms with van der Waals surface area (Å²) in [6, 6.07) is 0.166. The van der Waals surface area contributed by atoms with Crippen molar-refractivity contribution in [2.24, 2.45) is 5.92 Å². The molecule has 19 heavy (non-hydrogen) atoms. The summed E-state index contributed by atoms with van der Waals surface area (Å²) in [5.74, 6) is 0.0693. The van der Waals surface area contributed by atoms with E-state index in [0.717, 1.165) is 25.7 Å². The molecule has 2 bridgehead atoms. The molecule has 0 saturated carbocycles. The van der Waals surface area contributed by atoms with Crippen LogP contribution >= 0.6 is 0 Å². The maximum atomic E-state index is 12.2. The van der Waals surface area contributed by atoms with E-state index in [1.165, 1.54) is 6.92 Å². The average molecular weight is 278 g/mol. The Bertz CT molecular complexity index is 320. The first-order chi connectivity index (χ1) is 8.82. The minimum absolute atomic E-state index is 0.247. The molecule has 6 heteroatoms. The topological polar surface area (TPSA) is 41.1 Å². The number of rotatable bonds is 4. The maximum Gasteiger partial charge on any atom is 0.391 e. The molecule has 0 spiro atoms. The van der Waals surface area contributed by atoms with Crippen LogP contribution < -0.4 is 10.6 Å². The van der Waals surface area contributed by atoms with Gasteiger partial charge in [0.15, 0.2) is 0 Å². The second kappa shape index (κ2) is 5.69. The third kappa shape index (κ3) is 4.67. The second-order valence-corrected chi connectivity index (χ2v) is 5.97. The van der Waals surface area contributed by atoms with Crippen molar-refractivity contribution in [1.29, 1.82) is 0 Å². The lowest BCUT2D eigenvalue weighted by molar-refractivity contribution is -0.141. The molecule has 2 aliphatic heterocycles. The summed E-state index contributed by atoms with van der Waals surface area (Å²) in [5.41, 5.74) is 0. The maximum absolute atomic E-state index is 12.2. The van der Waals surface area contributed by atoms with Crippen LogP contribution in [0.25, 0.3) is 0 Å². The van der Waals surface area contributed by atoms with Crippen LogP contribution in [0.2, 0.25) is 0 Å². The highest BCUT2D eigenvalue weighted by atomic mass is 19.4. The van der Waals surface area contributed by atoms with Gasteiger partial charge in [-0.3, -0.25) is 4.79 Å². The molecule has 2 saturated heterocycles. The monoisotopic (exact) mass is 278 g/mol. The van der Waals surface area contributed by atoms with Crippen molar-refractivity contribution >= 4 is 5.91 Å². The fraction of sp³-hybridized carbons (Fsp3) is 0.923. The number of piperidine rings is 1. The Labute approximate surface area is 111 Å². The van der Waals surface area contributed by atoms with Crippen molar-refractivity contribution in [2.75, 3.05) is 0 Å². The number of hydrogen-bond acceptors (Lipinski definition) is 2. The van der Waals surface area contributed by atoms with Gasteiger partial charge in [0.25, 0.3) is 0 Å². The zero-order chi connectivity index (χ0) is 14.0. The molecular formula is C13H21F3N2O. The fourth-order valence-electron chi connectivity index (χ4n) is 3.34. The van der Waals surface area contributed by atoms with Crippen molar-refractivity contribution in [1.82, 2.24) is 10.6 Å². The number of hydrogen-bond donors (Lipinski definition) is 2. The predicted molar refractivity (Wildman–Crippen MR) is 65.6 cm³/mol. The van der Waals surface area contributed by atoms with Crippen molar-refractivity contribution in [2.45, 2.75) is 69.8 Å². The van der Waals surface area contributed by atoms with Gasteiger partial charge in [-0.25, -0.2) is 0 Å². The van der Waals surface area contributed by atoms with Crippen LogP contribution in [0.1, 0.15) is 45.4 Å². The largest absolute Gasteiger partial charge is 0.391 e. The molecule has 0 aromatic rings. The Morgan fingerprint density at radius 1 is 1.32 bits per heavy atom. The van der Waals surface area contributed by atoms with E-state index in [9.17, 15) is 18.0 Å². The molecule has 2 aliphatic rings. The highest BCUT2D eigenvalue weighted by Gasteiger charge is 2.35. The molecule has 3 atom stereocenters. The van der Waals surface area contributed by atoms with Gasteiger partial charge in [-0.05, 0) is 38.5 Å². The molecule has 3 unspecified atom stereocenters. The fourth-order valence-corrected chi connectivity index (χ4v) is 3.34. The Balaban J connectivity index is 1.72. The number of amides is 1. The van der Waals surface area contributed by atoms with E-state index in [4.69, 9.17) is 0 Å². The number of carbonyl (C=O) groups is 1. The van der Waals surface area contributed by atoms with Gasteiger partial charge in [0, 0.05) is 24.5 Å². The zero-order valence-electron chi connectivity index (χ0n) is 11.1. The van der Waals surface area contributed by atoms with E-state index < -0.39 is 18.6 Å². The van der Waals surface area contributed by atoms with E-state index in [0.29, 0.717) is 24.4 Å². The van der Waals surface area contributed by atoms with E-state index >= 15 is 0 Å². The van der Waals surface area contributed by atoms with E-state index in [1.54, 1.807) is 0 Å². The molecular weight excluding hydrogens is 257 g/mol. The van der Waals surface area contributed by atoms with Crippen LogP contribution in [0, 0.1) is 5.92 Å². The molecule has 0 aromatic carbocycles. The Kier molecular flexibility index (Phi) is 4.38. The Morgan fingerprint density at radius 3 is 2.42 bits per heavy atom. The molecule has 110 valence electrons. The summed E-state index contributed by atoms with van der Waals surface area (Å²) in [4.78, 5) is 11.7. The van der Waals surface area contributed by atoms with Crippen molar-refractivity contribution < 1.29 is 18.0 Å². The number of nitrogens with one attached hydrogen (secondary N) is 2. The molecule has 2 heterocycles. The summed E-state index contributed by atoms with van der Waals surface area (Å²) in [5, 5.41) is 5.94. The summed E-state index contributed by atoms with van der Waals surface area (Å²) in [6.45, 7) is 1.40. The minimum atomic E-state index is -4.22. The lowest BCUT2D eigenvalue weighted by Crippen LogP contribution is -2.41. The molecule has 0 aliphatic carbocycles. The third-order valence-corrected chi connectivity index (χ3v) is 3.99. The molecule has 2 rings (SSSR count). The van der Waals surface area contributed by atoms with E-state index in [1.807, 2.05) is 0 Å². The summed E-state index contributed by atoms with van der Waals surface area (Å²) < 4.78 is 36.5. The van der Waals surface area contributed by atoms with Crippen LogP contribution in [0.4, 0.5) is 13.2 Å². The number of alkyl halides is 3. The van der Waals surface area contributed by atoms with Gasteiger partial charge in [0.05, 0.1) is 6.42 Å². The first kappa shape index (κ1) is 14.6. The van der Waals surface area contributed by atoms with Gasteiger partial charge < -0.3 is 10.6 Å². The van der Waals surface area contributed by atoms with Crippen LogP contribution in [0.3, 0.4) is 0 Å². The normalized spacial score (nSPS) is 32.1. The zero-order valence-corrected chi connectivity index (χ0v) is 11.1. The molecule has 1 amide bonds. The van der Waals surface area contributed by atoms with Gasteiger partial charge >= 0.3 is 6.18 Å². The van der Waals surface area contributed by atoms with E-state index in [2.05, 4.69) is 10.6 Å². The number of carbonyl (C=O) groups excluding carboxylic acids is 1. The summed E-state index contributed by atoms with van der Waals surface area (Å²) in [6.07, 6.45) is -0.566. The van der Waals surface area contributed by atoms with Crippen molar-refractivity contribution in [3.05, 3.63) is 0 Å². The lowest BCUT2D eigenvalue weighted by atomic mass is 9.89. The smallest absolute Gasteiger partial charge is 0.353 e. The Morgan fingerprint density at radius 2 is 1.89 bits per heavy atom. The van der Waals surface area contributed by atoms with Crippen LogP contribution in [-0.2, 0) is 4.79 Å². The first-order valence-corrected chi connectivity index (χ1v) is 6.94. The molecule has 3 nitrogen and oxygen atoms in total. The predicted octanol–water partition coefficient (Wildman–Crippen LogP) is 2.36. The Hall–Kier alpha value is -0.780. The number of fused-ring (bicyclic) bond motifs is 2. The highest BCUT2D eigenvalue weighted by molar-refractivity contribution is 5.76. The first-order valence-electron chi connectivity index (χ1n) is 6.94. The molecule has 0 radical (unpaired) electrons. The van der Waals surface area contributed by atoms with Gasteiger partial charge in [0.2, 0.25) is 5.91 Å². The van der Waals surface area contributed by atoms with Crippen molar-refractivity contribution in [3.8, 4) is 0 Å². The quantitative estimate of drug-likeness (QED) is 0.829. The minimum Gasteiger partial charge on any atom is -0.353 e. The lowest BCUT2D eigenvalue weighted by Gasteiger charge is -2.29. The molecule has 0 aromatic heterocycles. The van der Waals surface area contributed by atoms with Crippen LogP contribution in [0.5, 0.6) is 0 Å². The van der Waals surface area contributed by atoms with Crippen molar-refractivity contribution in [3.63, 3.8) is 0 Å². The third-order valence-electron chi connectivity index (χ3n) is 3.99. The van der Waals surface area contributed by atoms with Gasteiger partial charge in [-0.2, -0.15) is 13.2 Å². The van der Waals surface area contributed by atoms with Crippen LogP contribution in [-0.4, -0.2) is 30.2 Å². The molecule has 2 N–H and O–H groups in total. The summed E-state index contributed by atoms with van der Waals surface area (Å²) >= 11 is 0. The standard InChI is InChI=1S/C13H21F3N2O/c1-8(7-13(14,15)16)17-12(19)6-9-4-10-2-3-11(5-9)18-10/h8-11,18H,2-7H2,1H3,(H,17,19).